The zero-order valence-corrected chi connectivity index (χ0v) is 12.0. The van der Waals surface area contributed by atoms with Crippen LogP contribution in [-0.2, 0) is 4.79 Å². The van der Waals surface area contributed by atoms with Crippen molar-refractivity contribution in [3.8, 4) is 0 Å². The first-order valence-corrected chi connectivity index (χ1v) is 7.15. The molecule has 1 fully saturated rings. The summed E-state index contributed by atoms with van der Waals surface area (Å²) in [7, 11) is 0. The number of hydrogen-bond acceptors (Lipinski definition) is 3. The van der Waals surface area contributed by atoms with Crippen LogP contribution in [0.3, 0.4) is 0 Å². The molecule has 0 saturated carbocycles. The van der Waals surface area contributed by atoms with E-state index in [2.05, 4.69) is 0 Å². The number of aliphatic carboxylic acids is 1. The van der Waals surface area contributed by atoms with Crippen molar-refractivity contribution in [3.05, 3.63) is 0 Å². The predicted molar refractivity (Wildman–Crippen MR) is 68.7 cm³/mol. The highest BCUT2D eigenvalue weighted by molar-refractivity contribution is 8.00. The number of thioether (sulfide) groups is 1. The van der Waals surface area contributed by atoms with Gasteiger partial charge in [0.2, 0.25) is 5.54 Å². The van der Waals surface area contributed by atoms with Gasteiger partial charge < -0.3 is 15.3 Å². The fraction of sp³-hybridized carbons (Fsp3) is 0.818. The smallest absolute Gasteiger partial charge is 0.422 e. The zero-order valence-electron chi connectivity index (χ0n) is 11.2. The number of amides is 2. The average Bonchev–Trinajstić information content (AvgIpc) is 2.37. The van der Waals surface area contributed by atoms with Gasteiger partial charge in [0.1, 0.15) is 0 Å². The molecule has 116 valence electrons. The number of rotatable bonds is 3. The lowest BCUT2D eigenvalue weighted by molar-refractivity contribution is -0.203. The Morgan fingerprint density at radius 3 is 2.50 bits per heavy atom. The van der Waals surface area contributed by atoms with Crippen molar-refractivity contribution in [3.63, 3.8) is 0 Å². The molecular formula is C11H17F3N2O3S. The van der Waals surface area contributed by atoms with Crippen molar-refractivity contribution in [1.29, 1.82) is 0 Å². The molecule has 0 aromatic rings. The second-order valence-corrected chi connectivity index (χ2v) is 6.11. The minimum atomic E-state index is -5.07. The monoisotopic (exact) mass is 314 g/mol. The second-order valence-electron chi connectivity index (χ2n) is 4.71. The van der Waals surface area contributed by atoms with E-state index in [1.54, 1.807) is 17.1 Å². The lowest BCUT2D eigenvalue weighted by atomic mass is 10.0. The van der Waals surface area contributed by atoms with E-state index in [4.69, 9.17) is 5.11 Å². The molecule has 2 unspecified atom stereocenters. The minimum absolute atomic E-state index is 0.163. The van der Waals surface area contributed by atoms with E-state index < -0.39 is 23.7 Å². The summed E-state index contributed by atoms with van der Waals surface area (Å²) < 4.78 is 38.4. The molecule has 0 spiro atoms. The minimum Gasteiger partial charge on any atom is -0.479 e. The predicted octanol–water partition coefficient (Wildman–Crippen LogP) is 1.93. The van der Waals surface area contributed by atoms with E-state index in [1.165, 1.54) is 4.90 Å². The fourth-order valence-electron chi connectivity index (χ4n) is 1.69. The van der Waals surface area contributed by atoms with E-state index >= 15 is 0 Å². The summed E-state index contributed by atoms with van der Waals surface area (Å²) in [5.41, 5.74) is -3.28. The molecule has 0 radical (unpaired) electrons. The number of nitrogens with zero attached hydrogens (tertiary/aromatic N) is 1. The van der Waals surface area contributed by atoms with Crippen LogP contribution >= 0.6 is 11.8 Å². The lowest BCUT2D eigenvalue weighted by Gasteiger charge is -2.35. The van der Waals surface area contributed by atoms with Crippen LogP contribution in [0.15, 0.2) is 0 Å². The summed E-state index contributed by atoms with van der Waals surface area (Å²) in [5, 5.41) is 10.5. The van der Waals surface area contributed by atoms with E-state index in [1.807, 2.05) is 6.92 Å². The maximum absolute atomic E-state index is 12.8. The SMILES string of the molecule is CCC1CN(C(=O)NC(C)(C(=O)O)C(F)(F)F)CCS1. The maximum Gasteiger partial charge on any atom is 0.422 e. The summed E-state index contributed by atoms with van der Waals surface area (Å²) in [6.07, 6.45) is -4.27. The Morgan fingerprint density at radius 1 is 1.45 bits per heavy atom. The number of carbonyl (C=O) groups excluding carboxylic acids is 1. The van der Waals surface area contributed by atoms with Crippen molar-refractivity contribution in [2.24, 2.45) is 0 Å². The molecule has 20 heavy (non-hydrogen) atoms. The average molecular weight is 314 g/mol. The summed E-state index contributed by atoms with van der Waals surface area (Å²) >= 11 is 1.65. The van der Waals surface area contributed by atoms with Crippen LogP contribution in [0.4, 0.5) is 18.0 Å². The molecule has 0 aliphatic carbocycles. The molecule has 1 aliphatic rings. The number of hydrogen-bond donors (Lipinski definition) is 2. The number of alkyl halides is 3. The lowest BCUT2D eigenvalue weighted by Crippen LogP contribution is -2.64. The Kier molecular flexibility index (Phi) is 5.17. The van der Waals surface area contributed by atoms with E-state index in [0.717, 1.165) is 6.42 Å². The highest BCUT2D eigenvalue weighted by Crippen LogP contribution is 2.31. The quantitative estimate of drug-likeness (QED) is 0.835. The first kappa shape index (κ1) is 16.9. The molecular weight excluding hydrogens is 297 g/mol. The molecule has 1 heterocycles. The van der Waals surface area contributed by atoms with Gasteiger partial charge in [0.05, 0.1) is 0 Å². The molecule has 0 bridgehead atoms. The maximum atomic E-state index is 12.8. The summed E-state index contributed by atoms with van der Waals surface area (Å²) in [6, 6.07) is -0.994. The number of carbonyl (C=O) groups is 2. The molecule has 2 N–H and O–H groups in total. The first-order chi connectivity index (χ1) is 9.11. The molecule has 5 nitrogen and oxygen atoms in total. The topological polar surface area (TPSA) is 69.6 Å². The van der Waals surface area contributed by atoms with Gasteiger partial charge in [-0.05, 0) is 13.3 Å². The molecule has 2 amide bonds. The first-order valence-electron chi connectivity index (χ1n) is 6.10. The van der Waals surface area contributed by atoms with Gasteiger partial charge in [0.15, 0.2) is 0 Å². The van der Waals surface area contributed by atoms with Gasteiger partial charge in [-0.3, -0.25) is 0 Å². The largest absolute Gasteiger partial charge is 0.479 e. The third-order valence-electron chi connectivity index (χ3n) is 3.23. The van der Waals surface area contributed by atoms with Crippen molar-refractivity contribution in [1.82, 2.24) is 10.2 Å². The van der Waals surface area contributed by atoms with Crippen LogP contribution in [-0.4, -0.2) is 57.8 Å². The fourth-order valence-corrected chi connectivity index (χ4v) is 2.87. The summed E-state index contributed by atoms with van der Waals surface area (Å²) in [5.74, 6) is -1.50. The normalized spacial score (nSPS) is 23.1. The highest BCUT2D eigenvalue weighted by Gasteiger charge is 2.58. The Bertz CT molecular complexity index is 392. The van der Waals surface area contributed by atoms with Gasteiger partial charge in [0, 0.05) is 24.1 Å². The number of urea groups is 1. The van der Waals surface area contributed by atoms with Gasteiger partial charge in [-0.2, -0.15) is 24.9 Å². The summed E-state index contributed by atoms with van der Waals surface area (Å²) in [4.78, 5) is 24.0. The summed E-state index contributed by atoms with van der Waals surface area (Å²) in [6.45, 7) is 3.00. The third-order valence-corrected chi connectivity index (χ3v) is 4.61. The zero-order chi connectivity index (χ0) is 15.6. The Balaban J connectivity index is 2.79. The number of nitrogens with one attached hydrogen (secondary N) is 1. The van der Waals surface area contributed by atoms with Gasteiger partial charge in [-0.1, -0.05) is 6.92 Å². The van der Waals surface area contributed by atoms with Crippen molar-refractivity contribution >= 4 is 23.8 Å². The Labute approximate surface area is 118 Å². The Morgan fingerprint density at radius 2 is 2.05 bits per heavy atom. The van der Waals surface area contributed by atoms with E-state index in [9.17, 15) is 22.8 Å². The van der Waals surface area contributed by atoms with Gasteiger partial charge in [0.25, 0.3) is 0 Å². The Hall–Kier alpha value is -1.12. The van der Waals surface area contributed by atoms with E-state index in [0.29, 0.717) is 25.8 Å². The third kappa shape index (κ3) is 3.50. The van der Waals surface area contributed by atoms with Crippen molar-refractivity contribution in [2.45, 2.75) is 37.2 Å². The molecule has 0 aromatic carbocycles. The highest BCUT2D eigenvalue weighted by atomic mass is 32.2. The number of carboxylic acids is 1. The van der Waals surface area contributed by atoms with Crippen LogP contribution in [0.1, 0.15) is 20.3 Å². The van der Waals surface area contributed by atoms with Crippen molar-refractivity contribution in [2.75, 3.05) is 18.8 Å². The van der Waals surface area contributed by atoms with Crippen LogP contribution < -0.4 is 5.32 Å². The van der Waals surface area contributed by atoms with Gasteiger partial charge >= 0.3 is 18.2 Å². The van der Waals surface area contributed by atoms with Crippen LogP contribution in [0, 0.1) is 0 Å². The van der Waals surface area contributed by atoms with Crippen LogP contribution in [0.2, 0.25) is 0 Å². The van der Waals surface area contributed by atoms with E-state index in [-0.39, 0.29) is 5.25 Å². The molecule has 1 saturated heterocycles. The molecule has 0 aromatic heterocycles. The standard InChI is InChI=1S/C11H17F3N2O3S/c1-3-7-6-16(4-5-20-7)9(19)15-10(2,8(17)18)11(12,13)14/h7H,3-6H2,1-2H3,(H,15,19)(H,17,18). The molecule has 9 heteroatoms. The van der Waals surface area contributed by atoms with Crippen molar-refractivity contribution < 1.29 is 27.9 Å². The van der Waals surface area contributed by atoms with Gasteiger partial charge in [-0.25, -0.2) is 9.59 Å². The number of halogens is 3. The van der Waals surface area contributed by atoms with Gasteiger partial charge in [-0.15, -0.1) is 0 Å². The molecule has 2 atom stereocenters. The molecule has 1 aliphatic heterocycles. The number of carboxylic acid groups (broad SMARTS) is 1. The van der Waals surface area contributed by atoms with Crippen LogP contribution in [0.25, 0.3) is 0 Å². The second kappa shape index (κ2) is 6.11. The molecule has 1 rings (SSSR count). The van der Waals surface area contributed by atoms with Crippen LogP contribution in [0.5, 0.6) is 0 Å².